The van der Waals surface area contributed by atoms with E-state index in [1.165, 1.54) is 20.0 Å². The molecule has 1 N–H and O–H groups in total. The number of carbonyl (C=O) groups excluding carboxylic acids is 1. The van der Waals surface area contributed by atoms with Crippen molar-refractivity contribution in [2.24, 2.45) is 5.92 Å². The summed E-state index contributed by atoms with van der Waals surface area (Å²) in [6, 6.07) is 1.35. The number of hydrogen-bond acceptors (Lipinski definition) is 3. The summed E-state index contributed by atoms with van der Waals surface area (Å²) in [5.41, 5.74) is 0. The van der Waals surface area contributed by atoms with E-state index in [0.29, 0.717) is 24.4 Å². The van der Waals surface area contributed by atoms with Gasteiger partial charge < -0.3 is 10.1 Å². The molecule has 0 aromatic carbocycles. The molecule has 2 atom stereocenters. The van der Waals surface area contributed by atoms with Crippen LogP contribution in [-0.4, -0.2) is 25.2 Å². The number of hydrogen-bond donors (Lipinski definition) is 1. The molecule has 0 aromatic heterocycles. The van der Waals surface area contributed by atoms with E-state index in [1.54, 1.807) is 0 Å². The molecular weight excluding hydrogens is 166 g/mol. The summed E-state index contributed by atoms with van der Waals surface area (Å²) < 4.78 is 4.68. The fraction of sp³-hybridized carbons (Fsp3) is 0.900. The molecule has 0 aromatic rings. The van der Waals surface area contributed by atoms with Crippen molar-refractivity contribution in [2.45, 2.75) is 44.2 Å². The van der Waals surface area contributed by atoms with Gasteiger partial charge in [-0.1, -0.05) is 0 Å². The first-order valence-electron chi connectivity index (χ1n) is 5.11. The molecule has 2 rings (SSSR count). The van der Waals surface area contributed by atoms with Crippen molar-refractivity contribution in [3.05, 3.63) is 0 Å². The highest BCUT2D eigenvalue weighted by Crippen LogP contribution is 2.32. The summed E-state index contributed by atoms with van der Waals surface area (Å²) in [6.45, 7) is 0. The fourth-order valence-corrected chi connectivity index (χ4v) is 2.66. The molecule has 74 valence electrons. The van der Waals surface area contributed by atoms with Crippen molar-refractivity contribution >= 4 is 5.97 Å². The number of carbonyl (C=O) groups is 1. The summed E-state index contributed by atoms with van der Waals surface area (Å²) in [4.78, 5) is 11.1. The minimum atomic E-state index is -0.0497. The van der Waals surface area contributed by atoms with Crippen LogP contribution in [0.2, 0.25) is 0 Å². The molecule has 2 unspecified atom stereocenters. The highest BCUT2D eigenvalue weighted by Gasteiger charge is 2.34. The van der Waals surface area contributed by atoms with E-state index < -0.39 is 0 Å². The molecule has 2 heterocycles. The van der Waals surface area contributed by atoms with Gasteiger partial charge in [-0.05, 0) is 31.6 Å². The van der Waals surface area contributed by atoms with Gasteiger partial charge in [-0.3, -0.25) is 4.79 Å². The van der Waals surface area contributed by atoms with E-state index in [9.17, 15) is 4.79 Å². The molecule has 3 nitrogen and oxygen atoms in total. The monoisotopic (exact) mass is 183 g/mol. The summed E-state index contributed by atoms with van der Waals surface area (Å²) in [5, 5.41) is 3.56. The van der Waals surface area contributed by atoms with Gasteiger partial charge in [-0.2, -0.15) is 0 Å². The molecular formula is C10H17NO2. The normalized spacial score (nSPS) is 37.5. The molecule has 0 radical (unpaired) electrons. The lowest BCUT2D eigenvalue weighted by atomic mass is 9.90. The molecule has 2 aliphatic heterocycles. The van der Waals surface area contributed by atoms with Gasteiger partial charge >= 0.3 is 5.97 Å². The summed E-state index contributed by atoms with van der Waals surface area (Å²) >= 11 is 0. The van der Waals surface area contributed by atoms with Crippen LogP contribution < -0.4 is 5.32 Å². The Morgan fingerprint density at radius 2 is 2.00 bits per heavy atom. The quantitative estimate of drug-likeness (QED) is 0.651. The minimum Gasteiger partial charge on any atom is -0.469 e. The van der Waals surface area contributed by atoms with E-state index in [1.807, 2.05) is 0 Å². The van der Waals surface area contributed by atoms with Gasteiger partial charge in [0.2, 0.25) is 0 Å². The molecule has 2 fully saturated rings. The van der Waals surface area contributed by atoms with Crippen molar-refractivity contribution in [3.8, 4) is 0 Å². The van der Waals surface area contributed by atoms with Crippen LogP contribution >= 0.6 is 0 Å². The van der Waals surface area contributed by atoms with Crippen LogP contribution in [0.3, 0.4) is 0 Å². The molecule has 2 bridgehead atoms. The second kappa shape index (κ2) is 3.66. The highest BCUT2D eigenvalue weighted by atomic mass is 16.5. The van der Waals surface area contributed by atoms with Crippen molar-refractivity contribution in [3.63, 3.8) is 0 Å². The SMILES string of the molecule is COC(=O)CC1CC2CCC(C1)N2. The standard InChI is InChI=1S/C10H17NO2/c1-13-10(12)6-7-4-8-2-3-9(5-7)11-8/h7-9,11H,2-6H2,1H3. The number of methoxy groups -OCH3 is 1. The number of esters is 1. The Balaban J connectivity index is 1.85. The van der Waals surface area contributed by atoms with Crippen LogP contribution in [-0.2, 0) is 9.53 Å². The number of nitrogens with one attached hydrogen (secondary N) is 1. The summed E-state index contributed by atoms with van der Waals surface area (Å²) in [5.74, 6) is 0.512. The average Bonchev–Trinajstić information content (AvgIpc) is 2.46. The maximum Gasteiger partial charge on any atom is 0.305 e. The Morgan fingerprint density at radius 3 is 2.54 bits per heavy atom. The van der Waals surface area contributed by atoms with Crippen LogP contribution in [0.25, 0.3) is 0 Å². The molecule has 0 saturated carbocycles. The van der Waals surface area contributed by atoms with E-state index >= 15 is 0 Å². The highest BCUT2D eigenvalue weighted by molar-refractivity contribution is 5.69. The maximum absolute atomic E-state index is 11.1. The van der Waals surface area contributed by atoms with Crippen molar-refractivity contribution in [1.82, 2.24) is 5.32 Å². The minimum absolute atomic E-state index is 0.0497. The third-order valence-corrected chi connectivity index (χ3v) is 3.25. The predicted octanol–water partition coefficient (Wildman–Crippen LogP) is 1.08. The van der Waals surface area contributed by atoms with Gasteiger partial charge in [0.25, 0.3) is 0 Å². The molecule has 0 amide bonds. The maximum atomic E-state index is 11.1. The molecule has 13 heavy (non-hydrogen) atoms. The first-order chi connectivity index (χ1) is 6.28. The molecule has 2 aliphatic rings. The molecule has 3 heteroatoms. The van der Waals surface area contributed by atoms with E-state index in [2.05, 4.69) is 10.1 Å². The molecule has 0 spiro atoms. The molecule has 0 aliphatic carbocycles. The van der Waals surface area contributed by atoms with Gasteiger partial charge in [0.1, 0.15) is 0 Å². The van der Waals surface area contributed by atoms with Crippen LogP contribution in [0, 0.1) is 5.92 Å². The van der Waals surface area contributed by atoms with Crippen LogP contribution in [0.1, 0.15) is 32.1 Å². The Hall–Kier alpha value is -0.570. The van der Waals surface area contributed by atoms with Crippen LogP contribution in [0.5, 0.6) is 0 Å². The zero-order chi connectivity index (χ0) is 9.26. The topological polar surface area (TPSA) is 38.3 Å². The fourth-order valence-electron chi connectivity index (χ4n) is 2.66. The Labute approximate surface area is 78.8 Å². The lowest BCUT2D eigenvalue weighted by Crippen LogP contribution is -2.38. The second-order valence-corrected chi connectivity index (χ2v) is 4.26. The third-order valence-electron chi connectivity index (χ3n) is 3.25. The largest absolute Gasteiger partial charge is 0.469 e. The van der Waals surface area contributed by atoms with E-state index in [-0.39, 0.29) is 5.97 Å². The van der Waals surface area contributed by atoms with Gasteiger partial charge in [0, 0.05) is 18.5 Å². The van der Waals surface area contributed by atoms with Gasteiger partial charge in [-0.15, -0.1) is 0 Å². The Morgan fingerprint density at radius 1 is 1.38 bits per heavy atom. The van der Waals surface area contributed by atoms with E-state index in [0.717, 1.165) is 12.8 Å². The number of ether oxygens (including phenoxy) is 1. The Bertz CT molecular complexity index is 193. The van der Waals surface area contributed by atoms with Gasteiger partial charge in [0.05, 0.1) is 7.11 Å². The van der Waals surface area contributed by atoms with Crippen molar-refractivity contribution < 1.29 is 9.53 Å². The van der Waals surface area contributed by atoms with Crippen molar-refractivity contribution in [2.75, 3.05) is 7.11 Å². The Kier molecular flexibility index (Phi) is 2.54. The summed E-state index contributed by atoms with van der Waals surface area (Å²) in [6.07, 6.45) is 5.52. The lowest BCUT2D eigenvalue weighted by molar-refractivity contribution is -0.142. The average molecular weight is 183 g/mol. The number of rotatable bonds is 2. The van der Waals surface area contributed by atoms with Gasteiger partial charge in [0.15, 0.2) is 0 Å². The zero-order valence-corrected chi connectivity index (χ0v) is 8.08. The predicted molar refractivity (Wildman–Crippen MR) is 49.3 cm³/mol. The third kappa shape index (κ3) is 2.02. The molecule has 2 saturated heterocycles. The number of piperidine rings is 1. The summed E-state index contributed by atoms with van der Waals surface area (Å²) in [7, 11) is 1.47. The first-order valence-corrected chi connectivity index (χ1v) is 5.11. The van der Waals surface area contributed by atoms with E-state index in [4.69, 9.17) is 0 Å². The van der Waals surface area contributed by atoms with Crippen LogP contribution in [0.4, 0.5) is 0 Å². The van der Waals surface area contributed by atoms with Gasteiger partial charge in [-0.25, -0.2) is 0 Å². The smallest absolute Gasteiger partial charge is 0.305 e. The second-order valence-electron chi connectivity index (χ2n) is 4.26. The first kappa shape index (κ1) is 9.00. The zero-order valence-electron chi connectivity index (χ0n) is 8.08. The van der Waals surface area contributed by atoms with Crippen LogP contribution in [0.15, 0.2) is 0 Å². The lowest BCUT2D eigenvalue weighted by Gasteiger charge is -2.28. The number of fused-ring (bicyclic) bond motifs is 2. The van der Waals surface area contributed by atoms with Crippen molar-refractivity contribution in [1.29, 1.82) is 0 Å².